The summed E-state index contributed by atoms with van der Waals surface area (Å²) >= 11 is 0. The second-order valence-corrected chi connectivity index (χ2v) is 1.77. The molecule has 0 saturated carbocycles. The first-order valence-corrected chi connectivity index (χ1v) is 2.87. The Balaban J connectivity index is 4.51. The summed E-state index contributed by atoms with van der Waals surface area (Å²) in [6.07, 6.45) is 1.35. The molecule has 0 aromatic rings. The van der Waals surface area contributed by atoms with E-state index in [1.165, 1.54) is 13.3 Å². The average molecular weight is 153 g/mol. The van der Waals surface area contributed by atoms with Crippen molar-refractivity contribution in [3.8, 4) is 0 Å². The Bertz CT molecular complexity index is 218. The highest BCUT2D eigenvalue weighted by molar-refractivity contribution is 5.97. The van der Waals surface area contributed by atoms with Crippen LogP contribution >= 0.6 is 0 Å². The second-order valence-electron chi connectivity index (χ2n) is 1.77. The first-order valence-electron chi connectivity index (χ1n) is 2.87. The molecule has 0 spiro atoms. The molecule has 0 aromatic carbocycles. The number of hydrogen-bond donors (Lipinski definition) is 2. The van der Waals surface area contributed by atoms with Crippen LogP contribution in [0.25, 0.3) is 0 Å². The molecule has 0 aliphatic rings. The monoisotopic (exact) mass is 153 g/mol. The molecular weight excluding hydrogens is 142 g/mol. The van der Waals surface area contributed by atoms with E-state index in [0.717, 1.165) is 0 Å². The summed E-state index contributed by atoms with van der Waals surface area (Å²) in [4.78, 5) is 3.46. The van der Waals surface area contributed by atoms with Crippen molar-refractivity contribution in [3.63, 3.8) is 0 Å². The lowest BCUT2D eigenvalue weighted by molar-refractivity contribution is 0.303. The topological polar surface area (TPSA) is 71.5 Å². The third kappa shape index (κ3) is 2.66. The zero-order valence-corrected chi connectivity index (χ0v) is 6.42. The molecular formula is C7H11N3O. The van der Waals surface area contributed by atoms with Crippen LogP contribution < -0.4 is 5.73 Å². The number of nitrogens with two attached hydrogens (primary N) is 1. The molecule has 11 heavy (non-hydrogen) atoms. The molecule has 0 rings (SSSR count). The van der Waals surface area contributed by atoms with Crippen molar-refractivity contribution in [1.29, 1.82) is 5.41 Å². The normalized spacial score (nSPS) is 10.5. The van der Waals surface area contributed by atoms with Crippen LogP contribution in [0.2, 0.25) is 0 Å². The van der Waals surface area contributed by atoms with Crippen LogP contribution in [-0.2, 0) is 4.74 Å². The molecule has 60 valence electrons. The largest absolute Gasteiger partial charge is 0.494 e. The molecule has 0 fully saturated rings. The maximum Gasteiger partial charge on any atom is 0.147 e. The van der Waals surface area contributed by atoms with E-state index in [1.807, 2.05) is 0 Å². The Kier molecular flexibility index (Phi) is 3.66. The van der Waals surface area contributed by atoms with Gasteiger partial charge >= 0.3 is 0 Å². The van der Waals surface area contributed by atoms with Gasteiger partial charge in [-0.05, 0) is 6.72 Å². The van der Waals surface area contributed by atoms with Crippen LogP contribution in [0.1, 0.15) is 0 Å². The fourth-order valence-corrected chi connectivity index (χ4v) is 0.469. The highest BCUT2D eigenvalue weighted by Gasteiger charge is 2.03. The quantitative estimate of drug-likeness (QED) is 0.269. The Morgan fingerprint density at radius 1 is 1.73 bits per heavy atom. The predicted octanol–water partition coefficient (Wildman–Crippen LogP) is 0.667. The second kappa shape index (κ2) is 4.27. The molecule has 0 bridgehead atoms. The van der Waals surface area contributed by atoms with Gasteiger partial charge in [0, 0.05) is 0 Å². The molecule has 4 nitrogen and oxygen atoms in total. The van der Waals surface area contributed by atoms with Gasteiger partial charge in [0.2, 0.25) is 0 Å². The van der Waals surface area contributed by atoms with Gasteiger partial charge in [-0.15, -0.1) is 0 Å². The van der Waals surface area contributed by atoms with Crippen molar-refractivity contribution >= 4 is 12.6 Å². The fraction of sp³-hybridized carbons (Fsp3) is 0.143. The lowest BCUT2D eigenvalue weighted by Crippen LogP contribution is -2.14. The Hall–Kier alpha value is -1.58. The van der Waals surface area contributed by atoms with Crippen molar-refractivity contribution < 1.29 is 4.74 Å². The Morgan fingerprint density at radius 3 is 2.55 bits per heavy atom. The van der Waals surface area contributed by atoms with Gasteiger partial charge in [-0.1, -0.05) is 6.58 Å². The molecule has 0 heterocycles. The summed E-state index contributed by atoms with van der Waals surface area (Å²) in [7, 11) is 1.45. The summed E-state index contributed by atoms with van der Waals surface area (Å²) in [6.45, 7) is 6.74. The van der Waals surface area contributed by atoms with E-state index in [1.54, 1.807) is 0 Å². The maximum absolute atomic E-state index is 7.01. The van der Waals surface area contributed by atoms with Crippen molar-refractivity contribution in [3.05, 3.63) is 24.1 Å². The van der Waals surface area contributed by atoms with Crippen LogP contribution in [0.3, 0.4) is 0 Å². The van der Waals surface area contributed by atoms with E-state index in [4.69, 9.17) is 15.9 Å². The Labute approximate surface area is 65.6 Å². The number of rotatable bonds is 4. The van der Waals surface area contributed by atoms with Crippen LogP contribution in [0.4, 0.5) is 0 Å². The van der Waals surface area contributed by atoms with Gasteiger partial charge in [-0.25, -0.2) is 0 Å². The molecule has 0 amide bonds. The number of ether oxygens (including phenoxy) is 1. The lowest BCUT2D eigenvalue weighted by Gasteiger charge is -2.05. The summed E-state index contributed by atoms with van der Waals surface area (Å²) in [5.74, 6) is 0.217. The van der Waals surface area contributed by atoms with Crippen molar-refractivity contribution in [2.75, 3.05) is 7.11 Å². The smallest absolute Gasteiger partial charge is 0.147 e. The molecule has 0 saturated heterocycles. The molecule has 0 aromatic heterocycles. The zero-order valence-electron chi connectivity index (χ0n) is 6.42. The van der Waals surface area contributed by atoms with Gasteiger partial charge < -0.3 is 10.5 Å². The molecule has 0 radical (unpaired) electrons. The highest BCUT2D eigenvalue weighted by Crippen LogP contribution is 2.07. The maximum atomic E-state index is 7.01. The number of hydrogen-bond acceptors (Lipinski definition) is 3. The number of methoxy groups -OCH3 is 1. The van der Waals surface area contributed by atoms with Gasteiger partial charge in [-0.2, -0.15) is 0 Å². The average Bonchev–Trinajstić information content (AvgIpc) is 1.98. The van der Waals surface area contributed by atoms with Crippen LogP contribution in [0.5, 0.6) is 0 Å². The summed E-state index contributed by atoms with van der Waals surface area (Å²) < 4.78 is 4.82. The van der Waals surface area contributed by atoms with E-state index >= 15 is 0 Å². The molecule has 0 unspecified atom stereocenters. The third-order valence-electron chi connectivity index (χ3n) is 1.05. The van der Waals surface area contributed by atoms with E-state index in [-0.39, 0.29) is 5.84 Å². The molecule has 0 aliphatic heterocycles. The van der Waals surface area contributed by atoms with Crippen molar-refractivity contribution in [1.82, 2.24) is 0 Å². The minimum absolute atomic E-state index is 0.137. The highest BCUT2D eigenvalue weighted by atomic mass is 16.5. The number of nitrogens with one attached hydrogen (secondary N) is 1. The minimum Gasteiger partial charge on any atom is -0.494 e. The number of amidine groups is 1. The first-order chi connectivity index (χ1) is 5.13. The third-order valence-corrected chi connectivity index (χ3v) is 1.05. The van der Waals surface area contributed by atoms with Gasteiger partial charge in [-0.3, -0.25) is 10.4 Å². The van der Waals surface area contributed by atoms with Gasteiger partial charge in [0.1, 0.15) is 11.6 Å². The molecule has 4 heteroatoms. The predicted molar refractivity (Wildman–Crippen MR) is 45.7 cm³/mol. The Morgan fingerprint density at radius 2 is 2.27 bits per heavy atom. The first kappa shape index (κ1) is 9.42. The van der Waals surface area contributed by atoms with E-state index in [9.17, 15) is 0 Å². The minimum atomic E-state index is -0.137. The number of nitrogens with zero attached hydrogens (tertiary/aromatic N) is 1. The SMILES string of the molecule is C=N/C=C(/OC)C(=C)C(=N)N. The van der Waals surface area contributed by atoms with Crippen molar-refractivity contribution in [2.45, 2.75) is 0 Å². The molecule has 3 N–H and O–H groups in total. The fourth-order valence-electron chi connectivity index (χ4n) is 0.469. The summed E-state index contributed by atoms with van der Waals surface area (Å²) in [5.41, 5.74) is 5.45. The van der Waals surface area contributed by atoms with Crippen molar-refractivity contribution in [2.24, 2.45) is 10.7 Å². The van der Waals surface area contributed by atoms with E-state index in [0.29, 0.717) is 11.3 Å². The summed E-state index contributed by atoms with van der Waals surface area (Å²) in [6, 6.07) is 0. The van der Waals surface area contributed by atoms with Gasteiger partial charge in [0.05, 0.1) is 18.9 Å². The zero-order chi connectivity index (χ0) is 8.85. The van der Waals surface area contributed by atoms with Crippen LogP contribution in [0.15, 0.2) is 29.1 Å². The standard InChI is InChI=1S/C7H11N3O/c1-5(7(8)9)6(11-3)4-10-2/h4H,1-2H2,3H3,(H3,8,9)/b6-4+. The van der Waals surface area contributed by atoms with E-state index in [2.05, 4.69) is 18.3 Å². The summed E-state index contributed by atoms with van der Waals surface area (Å²) in [5, 5.41) is 7.01. The van der Waals surface area contributed by atoms with Crippen LogP contribution in [-0.4, -0.2) is 19.7 Å². The van der Waals surface area contributed by atoms with Gasteiger partial charge in [0.15, 0.2) is 0 Å². The van der Waals surface area contributed by atoms with Gasteiger partial charge in [0.25, 0.3) is 0 Å². The molecule has 0 atom stereocenters. The molecule has 0 aliphatic carbocycles. The number of aliphatic imine (C=N–C) groups is 1. The lowest BCUT2D eigenvalue weighted by atomic mass is 10.2. The van der Waals surface area contributed by atoms with E-state index < -0.39 is 0 Å². The van der Waals surface area contributed by atoms with Crippen LogP contribution in [0, 0.1) is 5.41 Å².